The minimum Gasteiger partial charge on any atom is -0.494 e. The number of hydrogen-bond donors (Lipinski definition) is 1. The number of methoxy groups -OCH3 is 1. The molecular formula is C14H22FNO2. The highest BCUT2D eigenvalue weighted by Crippen LogP contribution is 2.28. The normalized spacial score (nSPS) is 14.3. The Balaban J connectivity index is 2.96. The Morgan fingerprint density at radius 1 is 1.33 bits per heavy atom. The molecule has 18 heavy (non-hydrogen) atoms. The van der Waals surface area contributed by atoms with Crippen LogP contribution in [0, 0.1) is 5.82 Å². The second kappa shape index (κ2) is 7.34. The van der Waals surface area contributed by atoms with E-state index >= 15 is 0 Å². The number of benzene rings is 1. The summed E-state index contributed by atoms with van der Waals surface area (Å²) in [5.74, 6) is -0.178. The van der Waals surface area contributed by atoms with Gasteiger partial charge in [0.25, 0.3) is 0 Å². The van der Waals surface area contributed by atoms with E-state index < -0.39 is 11.9 Å². The average molecular weight is 255 g/mol. The van der Waals surface area contributed by atoms with Crippen LogP contribution >= 0.6 is 0 Å². The lowest BCUT2D eigenvalue weighted by Gasteiger charge is -2.24. The predicted octanol–water partition coefficient (Wildman–Crippen LogP) is 3.04. The third-order valence-corrected chi connectivity index (χ3v) is 2.93. The van der Waals surface area contributed by atoms with Gasteiger partial charge >= 0.3 is 0 Å². The first-order chi connectivity index (χ1) is 8.65. The van der Waals surface area contributed by atoms with Crippen LogP contribution in [0.5, 0.6) is 5.75 Å². The summed E-state index contributed by atoms with van der Waals surface area (Å²) in [5, 5.41) is 0. The van der Waals surface area contributed by atoms with Gasteiger partial charge in [-0.1, -0.05) is 25.5 Å². The molecule has 2 N–H and O–H groups in total. The lowest BCUT2D eigenvalue weighted by Crippen LogP contribution is -2.29. The van der Waals surface area contributed by atoms with Crippen LogP contribution in [0.2, 0.25) is 0 Å². The van der Waals surface area contributed by atoms with E-state index in [1.165, 1.54) is 7.11 Å². The molecule has 0 saturated carbocycles. The van der Waals surface area contributed by atoms with Crippen LogP contribution in [0.15, 0.2) is 18.2 Å². The van der Waals surface area contributed by atoms with Gasteiger partial charge in [0.1, 0.15) is 0 Å². The van der Waals surface area contributed by atoms with Gasteiger partial charge < -0.3 is 15.2 Å². The molecule has 0 aliphatic carbocycles. The van der Waals surface area contributed by atoms with Gasteiger partial charge in [-0.05, 0) is 19.4 Å². The van der Waals surface area contributed by atoms with E-state index in [9.17, 15) is 4.39 Å². The Morgan fingerprint density at radius 2 is 2.06 bits per heavy atom. The lowest BCUT2D eigenvalue weighted by molar-refractivity contribution is 0.0365. The molecule has 0 aliphatic heterocycles. The van der Waals surface area contributed by atoms with Crippen LogP contribution in [0.3, 0.4) is 0 Å². The van der Waals surface area contributed by atoms with Crippen molar-refractivity contribution < 1.29 is 13.9 Å². The standard InChI is InChI=1S/C14H22FNO2/c1-4-7-12(18-5-2)14(16)10-8-6-9-11(17-3)13(10)15/h6,8-9,12,14H,4-5,7,16H2,1-3H3. The highest BCUT2D eigenvalue weighted by Gasteiger charge is 2.23. The Bertz CT molecular complexity index is 365. The SMILES string of the molecule is CCCC(OCC)C(N)c1cccc(OC)c1F. The first-order valence-electron chi connectivity index (χ1n) is 6.35. The largest absolute Gasteiger partial charge is 0.494 e. The molecule has 0 aromatic heterocycles. The Morgan fingerprint density at radius 3 is 2.61 bits per heavy atom. The molecule has 0 heterocycles. The minimum atomic E-state index is -0.472. The summed E-state index contributed by atoms with van der Waals surface area (Å²) in [6, 6.07) is 4.54. The fraction of sp³-hybridized carbons (Fsp3) is 0.571. The number of rotatable bonds is 7. The van der Waals surface area contributed by atoms with Gasteiger partial charge in [0.2, 0.25) is 0 Å². The molecule has 0 spiro atoms. The lowest BCUT2D eigenvalue weighted by atomic mass is 9.98. The van der Waals surface area contributed by atoms with Crippen LogP contribution in [0.1, 0.15) is 38.3 Å². The predicted molar refractivity (Wildman–Crippen MR) is 70.2 cm³/mol. The quantitative estimate of drug-likeness (QED) is 0.814. The maximum Gasteiger partial charge on any atom is 0.169 e. The Labute approximate surface area is 108 Å². The molecule has 1 aromatic carbocycles. The summed E-state index contributed by atoms with van der Waals surface area (Å²) >= 11 is 0. The highest BCUT2D eigenvalue weighted by atomic mass is 19.1. The van der Waals surface area contributed by atoms with Crippen molar-refractivity contribution in [3.05, 3.63) is 29.6 Å². The monoisotopic (exact) mass is 255 g/mol. The summed E-state index contributed by atoms with van der Waals surface area (Å²) in [4.78, 5) is 0. The maximum absolute atomic E-state index is 14.1. The van der Waals surface area contributed by atoms with Crippen molar-refractivity contribution in [3.8, 4) is 5.75 Å². The van der Waals surface area contributed by atoms with Crippen LogP contribution in [0.4, 0.5) is 4.39 Å². The van der Waals surface area contributed by atoms with E-state index in [-0.39, 0.29) is 11.9 Å². The van der Waals surface area contributed by atoms with Crippen LogP contribution in [-0.4, -0.2) is 19.8 Å². The highest BCUT2D eigenvalue weighted by molar-refractivity contribution is 5.33. The maximum atomic E-state index is 14.1. The van der Waals surface area contributed by atoms with Crippen LogP contribution in [-0.2, 0) is 4.74 Å². The average Bonchev–Trinajstić information content (AvgIpc) is 2.38. The number of hydrogen-bond acceptors (Lipinski definition) is 3. The number of nitrogens with two attached hydrogens (primary N) is 1. The molecule has 102 valence electrons. The van der Waals surface area contributed by atoms with E-state index in [4.69, 9.17) is 15.2 Å². The van der Waals surface area contributed by atoms with E-state index in [1.54, 1.807) is 18.2 Å². The molecular weight excluding hydrogens is 233 g/mol. The summed E-state index contributed by atoms with van der Waals surface area (Å²) in [6.45, 7) is 4.54. The Kier molecular flexibility index (Phi) is 6.09. The molecule has 0 radical (unpaired) electrons. The smallest absolute Gasteiger partial charge is 0.169 e. The molecule has 4 heteroatoms. The van der Waals surface area contributed by atoms with Crippen molar-refractivity contribution in [2.24, 2.45) is 5.73 Å². The van der Waals surface area contributed by atoms with E-state index in [2.05, 4.69) is 6.92 Å². The zero-order chi connectivity index (χ0) is 13.5. The second-order valence-corrected chi connectivity index (χ2v) is 4.17. The van der Waals surface area contributed by atoms with Crippen molar-refractivity contribution in [1.29, 1.82) is 0 Å². The van der Waals surface area contributed by atoms with Gasteiger partial charge in [-0.15, -0.1) is 0 Å². The van der Waals surface area contributed by atoms with Crippen LogP contribution < -0.4 is 10.5 Å². The molecule has 0 amide bonds. The van der Waals surface area contributed by atoms with E-state index in [0.29, 0.717) is 12.2 Å². The molecule has 1 rings (SSSR count). The minimum absolute atomic E-state index is 0.165. The topological polar surface area (TPSA) is 44.5 Å². The van der Waals surface area contributed by atoms with Crippen molar-refractivity contribution in [1.82, 2.24) is 0 Å². The third-order valence-electron chi connectivity index (χ3n) is 2.93. The molecule has 2 atom stereocenters. The summed E-state index contributed by atoms with van der Waals surface area (Å²) in [5.41, 5.74) is 6.56. The van der Waals surface area contributed by atoms with E-state index in [1.807, 2.05) is 6.92 Å². The fourth-order valence-corrected chi connectivity index (χ4v) is 2.01. The van der Waals surface area contributed by atoms with E-state index in [0.717, 1.165) is 12.8 Å². The van der Waals surface area contributed by atoms with Gasteiger partial charge in [0.15, 0.2) is 11.6 Å². The molecule has 3 nitrogen and oxygen atoms in total. The second-order valence-electron chi connectivity index (χ2n) is 4.17. The van der Waals surface area contributed by atoms with Crippen LogP contribution in [0.25, 0.3) is 0 Å². The number of halogens is 1. The van der Waals surface area contributed by atoms with Crippen molar-refractivity contribution in [2.45, 2.75) is 38.8 Å². The zero-order valence-electron chi connectivity index (χ0n) is 11.3. The first kappa shape index (κ1) is 14.9. The van der Waals surface area contributed by atoms with Gasteiger partial charge in [0.05, 0.1) is 19.3 Å². The van der Waals surface area contributed by atoms with Gasteiger partial charge in [-0.25, -0.2) is 4.39 Å². The zero-order valence-corrected chi connectivity index (χ0v) is 11.3. The van der Waals surface area contributed by atoms with Crippen molar-refractivity contribution >= 4 is 0 Å². The van der Waals surface area contributed by atoms with Crippen molar-refractivity contribution in [2.75, 3.05) is 13.7 Å². The summed E-state index contributed by atoms with van der Waals surface area (Å²) < 4.78 is 24.7. The molecule has 1 aromatic rings. The number of ether oxygens (including phenoxy) is 2. The molecule has 0 fully saturated rings. The molecule has 0 aliphatic rings. The summed E-state index contributed by atoms with van der Waals surface area (Å²) in [6.07, 6.45) is 1.59. The first-order valence-corrected chi connectivity index (χ1v) is 6.35. The van der Waals surface area contributed by atoms with Gasteiger partial charge in [-0.3, -0.25) is 0 Å². The fourth-order valence-electron chi connectivity index (χ4n) is 2.01. The van der Waals surface area contributed by atoms with Crippen molar-refractivity contribution in [3.63, 3.8) is 0 Å². The molecule has 2 unspecified atom stereocenters. The molecule has 0 bridgehead atoms. The third kappa shape index (κ3) is 3.43. The molecule has 0 saturated heterocycles. The summed E-state index contributed by atoms with van der Waals surface area (Å²) in [7, 11) is 1.44. The van der Waals surface area contributed by atoms with Gasteiger partial charge in [-0.2, -0.15) is 0 Å². The van der Waals surface area contributed by atoms with Gasteiger partial charge in [0, 0.05) is 12.2 Å². The Hall–Kier alpha value is -1.13.